The van der Waals surface area contributed by atoms with Gasteiger partial charge in [0, 0.05) is 5.02 Å². The van der Waals surface area contributed by atoms with Crippen molar-refractivity contribution in [3.63, 3.8) is 0 Å². The van der Waals surface area contributed by atoms with Gasteiger partial charge in [-0.25, -0.2) is 0 Å². The van der Waals surface area contributed by atoms with Gasteiger partial charge in [0.05, 0.1) is 21.5 Å². The maximum atomic E-state index is 12.9. The molecule has 7 heteroatoms. The highest BCUT2D eigenvalue weighted by molar-refractivity contribution is 8.27. The number of anilines is 1. The van der Waals surface area contributed by atoms with Gasteiger partial charge in [-0.15, -0.1) is 0 Å². The maximum Gasteiger partial charge on any atom is 0.270 e. The van der Waals surface area contributed by atoms with Crippen molar-refractivity contribution in [2.24, 2.45) is 0 Å². The molecule has 1 fully saturated rings. The zero-order valence-electron chi connectivity index (χ0n) is 15.0. The standard InChI is InChI=1S/C21H14ClNO3S2/c1-11-6-12(2)18-16(7-11)26-10-13(19(18)24)8-17-20(25)23(21(27)28-17)15-5-3-4-14(22)9-15/h3-10H,1-2H3/b17-8-. The highest BCUT2D eigenvalue weighted by Gasteiger charge is 2.33. The summed E-state index contributed by atoms with van der Waals surface area (Å²) in [6, 6.07) is 10.7. The number of carbonyl (C=O) groups excluding carboxylic acids is 1. The third-order valence-corrected chi connectivity index (χ3v) is 5.93. The quantitative estimate of drug-likeness (QED) is 0.401. The van der Waals surface area contributed by atoms with Crippen molar-refractivity contribution in [1.82, 2.24) is 0 Å². The van der Waals surface area contributed by atoms with E-state index in [2.05, 4.69) is 0 Å². The van der Waals surface area contributed by atoms with Crippen LogP contribution in [0, 0.1) is 13.8 Å². The topological polar surface area (TPSA) is 50.5 Å². The van der Waals surface area contributed by atoms with Crippen molar-refractivity contribution < 1.29 is 9.21 Å². The second-order valence-corrected chi connectivity index (χ2v) is 8.58. The molecule has 1 amide bonds. The van der Waals surface area contributed by atoms with Crippen LogP contribution in [0.2, 0.25) is 5.02 Å². The Balaban J connectivity index is 1.78. The van der Waals surface area contributed by atoms with Crippen molar-refractivity contribution in [1.29, 1.82) is 0 Å². The molecule has 1 saturated heterocycles. The molecule has 4 rings (SSSR count). The van der Waals surface area contributed by atoms with E-state index in [0.29, 0.717) is 36.5 Å². The van der Waals surface area contributed by atoms with Gasteiger partial charge in [-0.1, -0.05) is 47.7 Å². The Morgan fingerprint density at radius 3 is 2.71 bits per heavy atom. The molecule has 3 aromatic rings. The molecular formula is C21H14ClNO3S2. The van der Waals surface area contributed by atoms with Gasteiger partial charge in [-0.2, -0.15) is 0 Å². The maximum absolute atomic E-state index is 12.9. The Morgan fingerprint density at radius 1 is 1.18 bits per heavy atom. The van der Waals surface area contributed by atoms with Gasteiger partial charge in [0.1, 0.15) is 11.8 Å². The predicted molar refractivity (Wildman–Crippen MR) is 119 cm³/mol. The number of amides is 1. The number of hydrogen-bond acceptors (Lipinski definition) is 5. The molecule has 2 aromatic carbocycles. The third kappa shape index (κ3) is 3.28. The SMILES string of the molecule is Cc1cc(C)c2c(=O)c(/C=C3\SC(=S)N(c4cccc(Cl)c4)C3=O)coc2c1. The summed E-state index contributed by atoms with van der Waals surface area (Å²) in [5, 5.41) is 1.03. The van der Waals surface area contributed by atoms with Crippen LogP contribution in [0.4, 0.5) is 5.69 Å². The first kappa shape index (κ1) is 18.9. The van der Waals surface area contributed by atoms with Gasteiger partial charge in [0.2, 0.25) is 0 Å². The van der Waals surface area contributed by atoms with Gasteiger partial charge < -0.3 is 4.42 Å². The fourth-order valence-corrected chi connectivity index (χ4v) is 4.66. The number of fused-ring (bicyclic) bond motifs is 1. The lowest BCUT2D eigenvalue weighted by Crippen LogP contribution is -2.27. The number of thioether (sulfide) groups is 1. The van der Waals surface area contributed by atoms with E-state index in [1.165, 1.54) is 17.2 Å². The van der Waals surface area contributed by atoms with Crippen molar-refractivity contribution in [2.75, 3.05) is 4.90 Å². The molecule has 0 aliphatic carbocycles. The number of nitrogens with zero attached hydrogens (tertiary/aromatic N) is 1. The molecule has 1 aromatic heterocycles. The summed E-state index contributed by atoms with van der Waals surface area (Å²) < 4.78 is 6.04. The van der Waals surface area contributed by atoms with E-state index in [4.69, 9.17) is 28.2 Å². The fraction of sp³-hybridized carbons (Fsp3) is 0.0952. The van der Waals surface area contributed by atoms with Gasteiger partial charge in [-0.05, 0) is 55.3 Å². The average molecular weight is 428 g/mol. The molecule has 0 radical (unpaired) electrons. The van der Waals surface area contributed by atoms with E-state index in [-0.39, 0.29) is 11.3 Å². The highest BCUT2D eigenvalue weighted by atomic mass is 35.5. The number of thiocarbonyl (C=S) groups is 1. The minimum absolute atomic E-state index is 0.174. The van der Waals surface area contributed by atoms with Crippen LogP contribution in [0.25, 0.3) is 17.0 Å². The summed E-state index contributed by atoms with van der Waals surface area (Å²) in [6.45, 7) is 3.82. The molecule has 0 saturated carbocycles. The van der Waals surface area contributed by atoms with Crippen LogP contribution >= 0.6 is 35.6 Å². The first-order chi connectivity index (χ1) is 13.3. The first-order valence-electron chi connectivity index (χ1n) is 8.41. The summed E-state index contributed by atoms with van der Waals surface area (Å²) in [5.41, 5.74) is 3.12. The molecule has 0 spiro atoms. The molecular weight excluding hydrogens is 414 g/mol. The lowest BCUT2D eigenvalue weighted by atomic mass is 10.0. The number of benzene rings is 2. The van der Waals surface area contributed by atoms with E-state index < -0.39 is 0 Å². The van der Waals surface area contributed by atoms with Crippen LogP contribution in [-0.4, -0.2) is 10.2 Å². The van der Waals surface area contributed by atoms with E-state index >= 15 is 0 Å². The normalized spacial score (nSPS) is 15.8. The Morgan fingerprint density at radius 2 is 1.96 bits per heavy atom. The Kier molecular flexibility index (Phi) is 4.87. The van der Waals surface area contributed by atoms with E-state index in [1.807, 2.05) is 26.0 Å². The monoisotopic (exact) mass is 427 g/mol. The Labute approximate surface area is 175 Å². The van der Waals surface area contributed by atoms with Crippen molar-refractivity contribution in [3.8, 4) is 0 Å². The second kappa shape index (κ2) is 7.20. The molecule has 140 valence electrons. The molecule has 0 bridgehead atoms. The lowest BCUT2D eigenvalue weighted by Gasteiger charge is -2.14. The molecule has 1 aliphatic rings. The number of halogens is 1. The zero-order chi connectivity index (χ0) is 20.0. The number of rotatable bonds is 2. The van der Waals surface area contributed by atoms with Crippen LogP contribution < -0.4 is 10.3 Å². The summed E-state index contributed by atoms with van der Waals surface area (Å²) >= 11 is 12.5. The summed E-state index contributed by atoms with van der Waals surface area (Å²) in [7, 11) is 0. The van der Waals surface area contributed by atoms with Gasteiger partial charge >= 0.3 is 0 Å². The molecule has 2 heterocycles. The minimum atomic E-state index is -0.294. The summed E-state index contributed by atoms with van der Waals surface area (Å²) in [5.74, 6) is -0.294. The minimum Gasteiger partial charge on any atom is -0.463 e. The number of carbonyl (C=O) groups is 1. The molecule has 0 atom stereocenters. The van der Waals surface area contributed by atoms with Crippen molar-refractivity contribution >= 4 is 68.5 Å². The van der Waals surface area contributed by atoms with Crippen LogP contribution in [-0.2, 0) is 4.79 Å². The molecule has 1 aliphatic heterocycles. The first-order valence-corrected chi connectivity index (χ1v) is 10.0. The van der Waals surface area contributed by atoms with Crippen LogP contribution in [0.15, 0.2) is 56.8 Å². The average Bonchev–Trinajstić information content (AvgIpc) is 2.90. The smallest absolute Gasteiger partial charge is 0.270 e. The molecule has 28 heavy (non-hydrogen) atoms. The van der Waals surface area contributed by atoms with Gasteiger partial charge in [-0.3, -0.25) is 14.5 Å². The van der Waals surface area contributed by atoms with Crippen molar-refractivity contribution in [3.05, 3.63) is 79.5 Å². The van der Waals surface area contributed by atoms with Crippen LogP contribution in [0.5, 0.6) is 0 Å². The Hall–Kier alpha value is -2.41. The number of aryl methyl sites for hydroxylation is 2. The molecule has 0 unspecified atom stereocenters. The van der Waals surface area contributed by atoms with Crippen LogP contribution in [0.1, 0.15) is 16.7 Å². The fourth-order valence-electron chi connectivity index (χ4n) is 3.18. The predicted octanol–water partition coefficient (Wildman–Crippen LogP) is 5.47. The van der Waals surface area contributed by atoms with E-state index in [9.17, 15) is 9.59 Å². The Bertz CT molecular complexity index is 1250. The van der Waals surface area contributed by atoms with E-state index in [0.717, 1.165) is 22.9 Å². The lowest BCUT2D eigenvalue weighted by molar-refractivity contribution is -0.113. The largest absolute Gasteiger partial charge is 0.463 e. The zero-order valence-corrected chi connectivity index (χ0v) is 17.4. The summed E-state index contributed by atoms with van der Waals surface area (Å²) in [4.78, 5) is 27.6. The highest BCUT2D eigenvalue weighted by Crippen LogP contribution is 2.36. The second-order valence-electron chi connectivity index (χ2n) is 6.47. The van der Waals surface area contributed by atoms with E-state index in [1.54, 1.807) is 24.3 Å². The van der Waals surface area contributed by atoms with Gasteiger partial charge in [0.15, 0.2) is 9.75 Å². The molecule has 0 N–H and O–H groups in total. The van der Waals surface area contributed by atoms with Crippen molar-refractivity contribution in [2.45, 2.75) is 13.8 Å². The number of hydrogen-bond donors (Lipinski definition) is 0. The van der Waals surface area contributed by atoms with Gasteiger partial charge in [0.25, 0.3) is 5.91 Å². The summed E-state index contributed by atoms with van der Waals surface area (Å²) in [6.07, 6.45) is 2.92. The molecule has 4 nitrogen and oxygen atoms in total. The van der Waals surface area contributed by atoms with Crippen LogP contribution in [0.3, 0.4) is 0 Å². The third-order valence-electron chi connectivity index (χ3n) is 4.39.